The quantitative estimate of drug-likeness (QED) is 0.190. The van der Waals surface area contributed by atoms with Crippen molar-refractivity contribution in [3.63, 3.8) is 0 Å². The summed E-state index contributed by atoms with van der Waals surface area (Å²) in [5.41, 5.74) is 0.189. The van der Waals surface area contributed by atoms with E-state index < -0.39 is 77.2 Å². The highest BCUT2D eigenvalue weighted by atomic mass is 16.8. The third kappa shape index (κ3) is 7.94. The fourth-order valence-electron chi connectivity index (χ4n) is 12.8. The van der Waals surface area contributed by atoms with E-state index in [0.717, 1.165) is 25.8 Å². The van der Waals surface area contributed by atoms with Gasteiger partial charge in [0.05, 0.1) is 48.8 Å². The summed E-state index contributed by atoms with van der Waals surface area (Å²) in [5, 5.41) is 49.0. The molecular formula is C47H71NO13. The molecule has 9 aliphatic heterocycles. The number of rotatable bonds is 9. The van der Waals surface area contributed by atoms with Gasteiger partial charge in [0.15, 0.2) is 23.1 Å². The molecule has 9 aliphatic rings. The van der Waals surface area contributed by atoms with Gasteiger partial charge in [-0.15, -0.1) is 0 Å². The first-order valence-electron chi connectivity index (χ1n) is 23.4. The molecule has 0 amide bonds. The number of hydrogen-bond acceptors (Lipinski definition) is 13. The summed E-state index contributed by atoms with van der Waals surface area (Å²) in [6.45, 7) is 17.8. The Morgan fingerprint density at radius 3 is 2.46 bits per heavy atom. The zero-order valence-electron chi connectivity index (χ0n) is 36.9. The molecule has 0 radical (unpaired) electrons. The van der Waals surface area contributed by atoms with Crippen molar-refractivity contribution in [2.45, 2.75) is 209 Å². The highest BCUT2D eigenvalue weighted by Gasteiger charge is 2.65. The molecule has 8 fully saturated rings. The summed E-state index contributed by atoms with van der Waals surface area (Å²) in [7, 11) is 0. The number of hydrogen-bond donors (Lipinski definition) is 5. The summed E-state index contributed by atoms with van der Waals surface area (Å²) >= 11 is 0. The van der Waals surface area contributed by atoms with Crippen LogP contribution in [0, 0.1) is 35.5 Å². The molecular weight excluding hydrogens is 787 g/mol. The number of piperidine rings is 1. The molecule has 0 aliphatic carbocycles. The molecule has 0 unspecified atom stereocenters. The molecule has 61 heavy (non-hydrogen) atoms. The zero-order valence-corrected chi connectivity index (χ0v) is 36.9. The van der Waals surface area contributed by atoms with Gasteiger partial charge in [-0.05, 0) is 61.5 Å². The van der Waals surface area contributed by atoms with Crippen molar-refractivity contribution in [1.29, 1.82) is 0 Å². The van der Waals surface area contributed by atoms with Gasteiger partial charge in [0.25, 0.3) is 0 Å². The van der Waals surface area contributed by atoms with Gasteiger partial charge in [-0.3, -0.25) is 10.1 Å². The Morgan fingerprint density at radius 1 is 0.902 bits per heavy atom. The first kappa shape index (κ1) is 44.4. The van der Waals surface area contributed by atoms with Gasteiger partial charge in [0, 0.05) is 69.2 Å². The van der Waals surface area contributed by atoms with Gasteiger partial charge in [-0.2, -0.15) is 0 Å². The number of allylic oxidation sites excluding steroid dienone is 1. The molecule has 9 heterocycles. The number of aliphatic hydroxyl groups is 3. The Hall–Kier alpha value is -1.79. The second-order valence-electron chi connectivity index (χ2n) is 20.9. The lowest BCUT2D eigenvalue weighted by Gasteiger charge is -2.54. The van der Waals surface area contributed by atoms with Gasteiger partial charge in [-0.25, -0.2) is 0 Å². The fraction of sp³-hybridized carbons (Fsp3) is 0.851. The van der Waals surface area contributed by atoms with E-state index in [2.05, 4.69) is 39.6 Å². The van der Waals surface area contributed by atoms with Crippen molar-refractivity contribution in [1.82, 2.24) is 5.32 Å². The van der Waals surface area contributed by atoms with E-state index in [0.29, 0.717) is 74.7 Å². The molecule has 0 aromatic carbocycles. The van der Waals surface area contributed by atoms with Gasteiger partial charge in [-0.1, -0.05) is 66.3 Å². The van der Waals surface area contributed by atoms with Gasteiger partial charge in [0.1, 0.15) is 17.9 Å². The molecule has 8 saturated heterocycles. The van der Waals surface area contributed by atoms with Crippen LogP contribution >= 0.6 is 0 Å². The Bertz CT molecular complexity index is 1730. The number of carbonyl (C=O) groups is 1. The number of carboxylic acid groups (broad SMARTS) is 1. The molecule has 14 heteroatoms. The van der Waals surface area contributed by atoms with Crippen LogP contribution in [-0.4, -0.2) is 123 Å². The minimum Gasteiger partial charge on any atom is -0.481 e. The van der Waals surface area contributed by atoms with Gasteiger partial charge >= 0.3 is 5.97 Å². The second-order valence-corrected chi connectivity index (χ2v) is 20.9. The summed E-state index contributed by atoms with van der Waals surface area (Å²) in [6, 6.07) is 0. The molecule has 0 saturated carbocycles. The summed E-state index contributed by atoms with van der Waals surface area (Å²) < 4.78 is 53.8. The van der Waals surface area contributed by atoms with Crippen LogP contribution in [0.5, 0.6) is 0 Å². The van der Waals surface area contributed by atoms with Crippen LogP contribution in [0.2, 0.25) is 0 Å². The summed E-state index contributed by atoms with van der Waals surface area (Å²) in [6.07, 6.45) is 9.08. The van der Waals surface area contributed by atoms with Crippen LogP contribution in [-0.2, 0) is 42.7 Å². The maximum atomic E-state index is 12.4. The fourth-order valence-corrected chi connectivity index (χ4v) is 12.8. The third-order valence-electron chi connectivity index (χ3n) is 16.1. The van der Waals surface area contributed by atoms with Gasteiger partial charge < -0.3 is 58.3 Å². The van der Waals surface area contributed by atoms with Crippen molar-refractivity contribution < 1.29 is 63.1 Å². The minimum atomic E-state index is -2.16. The lowest BCUT2D eigenvalue weighted by atomic mass is 9.74. The van der Waals surface area contributed by atoms with Crippen LogP contribution < -0.4 is 5.32 Å². The van der Waals surface area contributed by atoms with E-state index >= 15 is 0 Å². The number of aliphatic hydroxyl groups excluding tert-OH is 2. The van der Waals surface area contributed by atoms with Crippen LogP contribution in [0.15, 0.2) is 36.5 Å². The SMILES string of the molecule is C=C(C[C@@]12C[C@H](C)C[C@H](O1)[C@@H]1O[C@@]3(C[C@@H]1O2)NC[C@@H](C)C[C@H]3C)[C@H]1O[C@@](O)([C@@H](O)[C@H]2C[C@@H]3O[C@@]4(CC[C@]5(C=CC[C@@H](/C=C/CCC(=O)O)O5)O4)[C@@H](C)C[C@@H]3O2)[C@H](C)[C@H](O)[C@@H]1C. The number of carboxylic acids is 1. The van der Waals surface area contributed by atoms with Crippen LogP contribution in [0.3, 0.4) is 0 Å². The Kier molecular flexibility index (Phi) is 11.8. The van der Waals surface area contributed by atoms with E-state index in [1.54, 1.807) is 6.92 Å². The monoisotopic (exact) mass is 857 g/mol. The average Bonchev–Trinajstić information content (AvgIpc) is 3.89. The summed E-state index contributed by atoms with van der Waals surface area (Å²) in [4.78, 5) is 11.0. The first-order valence-corrected chi connectivity index (χ1v) is 23.4. The molecule has 342 valence electrons. The predicted molar refractivity (Wildman–Crippen MR) is 220 cm³/mol. The predicted octanol–water partition coefficient (Wildman–Crippen LogP) is 5.23. The molecule has 21 atom stereocenters. The highest BCUT2D eigenvalue weighted by molar-refractivity contribution is 5.66. The highest BCUT2D eigenvalue weighted by Crippen LogP contribution is 2.55. The number of aliphatic carboxylic acids is 1. The van der Waals surface area contributed by atoms with E-state index in [1.807, 2.05) is 31.2 Å². The summed E-state index contributed by atoms with van der Waals surface area (Å²) in [5.74, 6) is -5.98. The largest absolute Gasteiger partial charge is 0.481 e. The van der Waals surface area contributed by atoms with Crippen LogP contribution in [0.4, 0.5) is 0 Å². The van der Waals surface area contributed by atoms with E-state index in [1.165, 1.54) is 0 Å². The normalized spacial score (nSPS) is 53.4. The van der Waals surface area contributed by atoms with E-state index in [9.17, 15) is 20.1 Å². The molecule has 5 N–H and O–H groups in total. The Labute approximate surface area is 360 Å². The standard InChI is InChI=1S/C47H71NO13/c1-25-18-35-41-37(23-45(59-41)28(4)17-26(2)24-48-45)57-44(21-25,56-35)22-27(3)40-30(6)39(51)31(7)47(53,60-40)42(52)36-20-34-33(54-36)19-29(5)46(58-34)16-15-43(61-46)14-10-12-32(55-43)11-8-9-13-38(49)50/h8,10-11,14,25-26,28-37,39-42,48,51-53H,3,9,12-13,15-24H2,1-2,4-7H3,(H,49,50)/b11-8+/t25-,26+,28-,29+,30+,31-,32-,33+,34+,35+,36-,37+,39-,40-,41+,42+,43+,44+,45-,46-,47-/m1/s1. The lowest BCUT2D eigenvalue weighted by molar-refractivity contribution is -0.370. The van der Waals surface area contributed by atoms with Gasteiger partial charge in [0.2, 0.25) is 0 Å². The van der Waals surface area contributed by atoms with Crippen LogP contribution in [0.25, 0.3) is 0 Å². The smallest absolute Gasteiger partial charge is 0.303 e. The van der Waals surface area contributed by atoms with Crippen molar-refractivity contribution in [3.8, 4) is 0 Å². The number of fused-ring (bicyclic) bond motifs is 5. The third-order valence-corrected chi connectivity index (χ3v) is 16.1. The maximum Gasteiger partial charge on any atom is 0.303 e. The van der Waals surface area contributed by atoms with E-state index in [4.69, 9.17) is 43.0 Å². The zero-order chi connectivity index (χ0) is 43.3. The van der Waals surface area contributed by atoms with Crippen molar-refractivity contribution in [2.75, 3.05) is 6.54 Å². The minimum absolute atomic E-state index is 0.0633. The molecule has 0 aromatic rings. The Morgan fingerprint density at radius 2 is 1.69 bits per heavy atom. The maximum absolute atomic E-state index is 12.4. The molecule has 14 nitrogen and oxygen atoms in total. The lowest BCUT2D eigenvalue weighted by Crippen LogP contribution is -2.65. The number of ether oxygens (including phenoxy) is 8. The van der Waals surface area contributed by atoms with Crippen molar-refractivity contribution >= 4 is 5.97 Å². The van der Waals surface area contributed by atoms with E-state index in [-0.39, 0.29) is 42.9 Å². The molecule has 9 rings (SSSR count). The molecule has 0 aromatic heterocycles. The average molecular weight is 858 g/mol. The van der Waals surface area contributed by atoms with Crippen molar-refractivity contribution in [3.05, 3.63) is 36.5 Å². The first-order chi connectivity index (χ1) is 28.9. The second kappa shape index (κ2) is 16.3. The molecule has 3 spiro atoms. The number of nitrogens with one attached hydrogen (secondary N) is 1. The van der Waals surface area contributed by atoms with Crippen molar-refractivity contribution in [2.24, 2.45) is 35.5 Å². The topological polar surface area (TPSA) is 184 Å². The molecule has 2 bridgehead atoms. The van der Waals surface area contributed by atoms with Crippen LogP contribution in [0.1, 0.15) is 119 Å². The Balaban J connectivity index is 0.861.